The van der Waals surface area contributed by atoms with Gasteiger partial charge in [-0.05, 0) is 25.2 Å². The van der Waals surface area contributed by atoms with Crippen molar-refractivity contribution in [1.82, 2.24) is 5.32 Å². The van der Waals surface area contributed by atoms with Crippen LogP contribution >= 0.6 is 11.8 Å². The van der Waals surface area contributed by atoms with Gasteiger partial charge in [0, 0.05) is 5.75 Å². The van der Waals surface area contributed by atoms with Gasteiger partial charge in [0.1, 0.15) is 6.04 Å². The fourth-order valence-electron chi connectivity index (χ4n) is 3.15. The molecule has 2 rings (SSSR count). The Kier molecular flexibility index (Phi) is 4.36. The molecule has 17 heavy (non-hydrogen) atoms. The molecule has 1 saturated heterocycles. The Hall–Kier alpha value is -0.220. The highest BCUT2D eigenvalue weighted by Gasteiger charge is 2.42. The van der Waals surface area contributed by atoms with Gasteiger partial charge in [-0.2, -0.15) is 0 Å². The number of carbonyl (C=O) groups is 1. The molecule has 0 aromatic heterocycles. The summed E-state index contributed by atoms with van der Waals surface area (Å²) >= 11 is 1.84. The van der Waals surface area contributed by atoms with Gasteiger partial charge in [0.15, 0.2) is 0 Å². The summed E-state index contributed by atoms with van der Waals surface area (Å²) in [5.74, 6) is 0.905. The Morgan fingerprint density at radius 1 is 1.47 bits per heavy atom. The summed E-state index contributed by atoms with van der Waals surface area (Å²) in [7, 11) is 0. The topological polar surface area (TPSA) is 49.3 Å². The van der Waals surface area contributed by atoms with E-state index in [1.54, 1.807) is 0 Å². The minimum Gasteiger partial charge on any atom is -0.480 e. The van der Waals surface area contributed by atoms with E-state index in [1.165, 1.54) is 32.1 Å². The molecule has 98 valence electrons. The second-order valence-corrected chi connectivity index (χ2v) is 6.83. The minimum absolute atomic E-state index is 0.0749. The molecule has 1 saturated carbocycles. The first-order valence-electron chi connectivity index (χ1n) is 6.80. The summed E-state index contributed by atoms with van der Waals surface area (Å²) in [5, 5.41) is 12.4. The van der Waals surface area contributed by atoms with E-state index >= 15 is 0 Å². The first-order chi connectivity index (χ1) is 8.15. The van der Waals surface area contributed by atoms with E-state index < -0.39 is 5.97 Å². The van der Waals surface area contributed by atoms with Gasteiger partial charge < -0.3 is 5.11 Å². The van der Waals surface area contributed by atoms with Crippen molar-refractivity contribution >= 4 is 17.7 Å². The summed E-state index contributed by atoms with van der Waals surface area (Å²) < 4.78 is 0. The normalized spacial score (nSPS) is 38.2. The predicted octanol–water partition coefficient (Wildman–Crippen LogP) is 2.85. The average Bonchev–Trinajstić information content (AvgIpc) is 2.61. The smallest absolute Gasteiger partial charge is 0.321 e. The van der Waals surface area contributed by atoms with Crippen LogP contribution in [0.25, 0.3) is 0 Å². The van der Waals surface area contributed by atoms with E-state index in [1.807, 2.05) is 11.8 Å². The molecule has 2 N–H and O–H groups in total. The van der Waals surface area contributed by atoms with Gasteiger partial charge in [-0.25, -0.2) is 0 Å². The zero-order valence-corrected chi connectivity index (χ0v) is 11.4. The van der Waals surface area contributed by atoms with Crippen LogP contribution in [0, 0.1) is 5.92 Å². The van der Waals surface area contributed by atoms with E-state index in [4.69, 9.17) is 5.11 Å². The molecule has 2 aliphatic rings. The SMILES string of the molecule is CCCC1CCCC2(CC1)N[C@@H](C(=O)O)CS2. The quantitative estimate of drug-likeness (QED) is 0.816. The van der Waals surface area contributed by atoms with Crippen LogP contribution in [-0.2, 0) is 4.79 Å². The first-order valence-corrected chi connectivity index (χ1v) is 7.78. The highest BCUT2D eigenvalue weighted by Crippen LogP contribution is 2.43. The van der Waals surface area contributed by atoms with Gasteiger partial charge in [0.05, 0.1) is 4.87 Å². The lowest BCUT2D eigenvalue weighted by Gasteiger charge is -2.27. The lowest BCUT2D eigenvalue weighted by molar-refractivity contribution is -0.138. The molecular weight excluding hydrogens is 234 g/mol. The molecule has 0 aromatic rings. The van der Waals surface area contributed by atoms with Gasteiger partial charge in [-0.3, -0.25) is 10.1 Å². The number of nitrogens with one attached hydrogen (secondary N) is 1. The van der Waals surface area contributed by atoms with Gasteiger partial charge in [0.25, 0.3) is 0 Å². The molecule has 3 atom stereocenters. The third kappa shape index (κ3) is 3.16. The van der Waals surface area contributed by atoms with Crippen molar-refractivity contribution < 1.29 is 9.90 Å². The Morgan fingerprint density at radius 2 is 2.29 bits per heavy atom. The summed E-state index contributed by atoms with van der Waals surface area (Å²) in [5.41, 5.74) is 0. The molecule has 0 radical (unpaired) electrons. The molecule has 3 nitrogen and oxygen atoms in total. The van der Waals surface area contributed by atoms with Crippen LogP contribution in [0.2, 0.25) is 0 Å². The number of carboxylic acid groups (broad SMARTS) is 1. The number of hydrogen-bond acceptors (Lipinski definition) is 3. The second kappa shape index (κ2) is 5.61. The molecule has 2 fully saturated rings. The van der Waals surface area contributed by atoms with Gasteiger partial charge in [0.2, 0.25) is 0 Å². The number of rotatable bonds is 3. The maximum Gasteiger partial charge on any atom is 0.321 e. The molecule has 1 aliphatic heterocycles. The number of hydrogen-bond donors (Lipinski definition) is 2. The molecule has 4 heteroatoms. The fraction of sp³-hybridized carbons (Fsp3) is 0.923. The third-order valence-corrected chi connectivity index (χ3v) is 5.69. The van der Waals surface area contributed by atoms with E-state index in [0.29, 0.717) is 0 Å². The van der Waals surface area contributed by atoms with Crippen LogP contribution in [0.4, 0.5) is 0 Å². The summed E-state index contributed by atoms with van der Waals surface area (Å²) in [4.78, 5) is 11.1. The summed E-state index contributed by atoms with van der Waals surface area (Å²) in [6.07, 6.45) is 8.74. The first kappa shape index (κ1) is 13.2. The maximum atomic E-state index is 11.0. The Balaban J connectivity index is 1.92. The van der Waals surface area contributed by atoms with Crippen molar-refractivity contribution in [3.05, 3.63) is 0 Å². The molecular formula is C13H23NO2S. The number of thioether (sulfide) groups is 1. The van der Waals surface area contributed by atoms with Crippen LogP contribution in [0.3, 0.4) is 0 Å². The monoisotopic (exact) mass is 257 g/mol. The van der Waals surface area contributed by atoms with Crippen LogP contribution in [0.5, 0.6) is 0 Å². The standard InChI is InChI=1S/C13H23NO2S/c1-2-4-10-5-3-7-13(8-6-10)14-11(9-17-13)12(15)16/h10-11,14H,2-9H2,1H3,(H,15,16)/t10?,11-,13?/m1/s1. The lowest BCUT2D eigenvalue weighted by Crippen LogP contribution is -2.44. The zero-order chi connectivity index (χ0) is 12.3. The van der Waals surface area contributed by atoms with Gasteiger partial charge in [-0.15, -0.1) is 11.8 Å². The van der Waals surface area contributed by atoms with Crippen molar-refractivity contribution in [2.24, 2.45) is 5.92 Å². The largest absolute Gasteiger partial charge is 0.480 e. The van der Waals surface area contributed by atoms with Crippen molar-refractivity contribution in [2.45, 2.75) is 62.8 Å². The highest BCUT2D eigenvalue weighted by atomic mass is 32.2. The zero-order valence-electron chi connectivity index (χ0n) is 10.6. The Labute approximate surface area is 108 Å². The second-order valence-electron chi connectivity index (χ2n) is 5.43. The third-order valence-electron chi connectivity index (χ3n) is 4.11. The summed E-state index contributed by atoms with van der Waals surface area (Å²) in [6.45, 7) is 2.25. The van der Waals surface area contributed by atoms with E-state index in [0.717, 1.165) is 24.5 Å². The summed E-state index contributed by atoms with van der Waals surface area (Å²) in [6, 6.07) is -0.331. The van der Waals surface area contributed by atoms with Crippen molar-refractivity contribution in [3.8, 4) is 0 Å². The molecule has 0 bridgehead atoms. The van der Waals surface area contributed by atoms with Crippen LogP contribution < -0.4 is 5.32 Å². The molecule has 2 unspecified atom stereocenters. The number of carboxylic acids is 1. The Bertz CT molecular complexity index is 285. The van der Waals surface area contributed by atoms with Crippen molar-refractivity contribution in [1.29, 1.82) is 0 Å². The van der Waals surface area contributed by atoms with Crippen molar-refractivity contribution in [2.75, 3.05) is 5.75 Å². The molecule has 1 aliphatic carbocycles. The van der Waals surface area contributed by atoms with E-state index in [9.17, 15) is 4.79 Å². The fourth-order valence-corrected chi connectivity index (χ4v) is 4.63. The van der Waals surface area contributed by atoms with Crippen LogP contribution in [0.1, 0.15) is 51.9 Å². The highest BCUT2D eigenvalue weighted by molar-refractivity contribution is 8.00. The maximum absolute atomic E-state index is 11.0. The van der Waals surface area contributed by atoms with Gasteiger partial charge in [-0.1, -0.05) is 32.6 Å². The van der Waals surface area contributed by atoms with E-state index in [2.05, 4.69) is 12.2 Å². The van der Waals surface area contributed by atoms with Crippen LogP contribution in [0.15, 0.2) is 0 Å². The van der Waals surface area contributed by atoms with Crippen molar-refractivity contribution in [3.63, 3.8) is 0 Å². The molecule has 0 amide bonds. The molecule has 1 spiro atoms. The van der Waals surface area contributed by atoms with Crippen LogP contribution in [-0.4, -0.2) is 27.7 Å². The predicted molar refractivity (Wildman–Crippen MR) is 71.2 cm³/mol. The molecule has 1 heterocycles. The lowest BCUT2D eigenvalue weighted by atomic mass is 9.95. The van der Waals surface area contributed by atoms with E-state index in [-0.39, 0.29) is 10.9 Å². The average molecular weight is 257 g/mol. The molecule has 0 aromatic carbocycles. The number of aliphatic carboxylic acids is 1. The minimum atomic E-state index is -0.691. The van der Waals surface area contributed by atoms with Gasteiger partial charge >= 0.3 is 5.97 Å². The Morgan fingerprint density at radius 3 is 2.94 bits per heavy atom.